The highest BCUT2D eigenvalue weighted by Crippen LogP contribution is 2.25. The van der Waals surface area contributed by atoms with E-state index in [1.165, 1.54) is 6.92 Å². The van der Waals surface area contributed by atoms with Crippen molar-refractivity contribution in [3.8, 4) is 5.69 Å². The number of nitrogens with zero attached hydrogens (tertiary/aromatic N) is 2. The van der Waals surface area contributed by atoms with Crippen molar-refractivity contribution in [1.82, 2.24) is 9.55 Å². The minimum Gasteiger partial charge on any atom is -0.379 e. The third kappa shape index (κ3) is 3.77. The molecule has 1 heterocycles. The van der Waals surface area contributed by atoms with Gasteiger partial charge in [-0.15, -0.1) is 0 Å². The number of para-hydroxylation sites is 1. The Balaban J connectivity index is 1.82. The van der Waals surface area contributed by atoms with Crippen molar-refractivity contribution >= 4 is 17.3 Å². The van der Waals surface area contributed by atoms with Crippen LogP contribution < -0.4 is 10.6 Å². The highest BCUT2D eigenvalue weighted by Gasteiger charge is 2.10. The Morgan fingerprint density at radius 2 is 1.73 bits per heavy atom. The summed E-state index contributed by atoms with van der Waals surface area (Å²) in [6, 6.07) is 14.3. The summed E-state index contributed by atoms with van der Waals surface area (Å²) in [5.74, 6) is 0.903. The summed E-state index contributed by atoms with van der Waals surface area (Å²) < 4.78 is 2.15. The topological polar surface area (TPSA) is 59.0 Å². The molecule has 2 aromatic carbocycles. The van der Waals surface area contributed by atoms with E-state index in [1.807, 2.05) is 57.3 Å². The van der Waals surface area contributed by atoms with Gasteiger partial charge in [0.25, 0.3) is 0 Å². The molecule has 5 nitrogen and oxygen atoms in total. The number of aromatic nitrogens is 2. The molecule has 5 heteroatoms. The number of imidazole rings is 1. The quantitative estimate of drug-likeness (QED) is 0.720. The van der Waals surface area contributed by atoms with Crippen molar-refractivity contribution in [1.29, 1.82) is 0 Å². The molecule has 0 bridgehead atoms. The van der Waals surface area contributed by atoms with Gasteiger partial charge in [0.05, 0.1) is 18.4 Å². The van der Waals surface area contributed by atoms with Crippen LogP contribution in [0.4, 0.5) is 11.4 Å². The van der Waals surface area contributed by atoms with E-state index in [0.29, 0.717) is 6.54 Å². The molecule has 3 rings (SSSR count). The number of rotatable bonds is 5. The molecule has 0 aliphatic carbocycles. The fourth-order valence-corrected chi connectivity index (χ4v) is 3.18. The fraction of sp³-hybridized carbons (Fsp3) is 0.238. The standard InChI is InChI=1S/C21H24N4O/c1-14-10-18(11-15(2)21(14)24-17(4)26)23-13-20-12-22-16(3)25(20)19-8-6-5-7-9-19/h5-12,23H,13H2,1-4H3,(H,24,26). The normalized spacial score (nSPS) is 10.6. The summed E-state index contributed by atoms with van der Waals surface area (Å²) in [4.78, 5) is 15.8. The average Bonchev–Trinajstić information content (AvgIpc) is 2.97. The van der Waals surface area contributed by atoms with Gasteiger partial charge in [-0.25, -0.2) is 4.98 Å². The van der Waals surface area contributed by atoms with Crippen LogP contribution in [0.1, 0.15) is 29.6 Å². The number of anilines is 2. The van der Waals surface area contributed by atoms with Gasteiger partial charge in [0.15, 0.2) is 0 Å². The summed E-state index contributed by atoms with van der Waals surface area (Å²) >= 11 is 0. The molecule has 0 aliphatic heterocycles. The zero-order valence-electron chi connectivity index (χ0n) is 15.6. The zero-order valence-corrected chi connectivity index (χ0v) is 15.6. The highest BCUT2D eigenvalue weighted by molar-refractivity contribution is 5.90. The summed E-state index contributed by atoms with van der Waals surface area (Å²) in [6.07, 6.45) is 1.90. The summed E-state index contributed by atoms with van der Waals surface area (Å²) in [5, 5.41) is 6.37. The van der Waals surface area contributed by atoms with E-state index < -0.39 is 0 Å². The monoisotopic (exact) mass is 348 g/mol. The second-order valence-corrected chi connectivity index (χ2v) is 6.49. The molecule has 0 aliphatic rings. The van der Waals surface area contributed by atoms with Crippen molar-refractivity contribution in [2.24, 2.45) is 0 Å². The molecule has 0 unspecified atom stereocenters. The van der Waals surface area contributed by atoms with Gasteiger partial charge >= 0.3 is 0 Å². The molecule has 1 aromatic heterocycles. The lowest BCUT2D eigenvalue weighted by molar-refractivity contribution is -0.114. The largest absolute Gasteiger partial charge is 0.379 e. The molecule has 0 radical (unpaired) electrons. The Morgan fingerprint density at radius 1 is 1.08 bits per heavy atom. The predicted octanol–water partition coefficient (Wildman–Crippen LogP) is 4.37. The first-order chi connectivity index (χ1) is 12.5. The molecule has 1 amide bonds. The van der Waals surface area contributed by atoms with Crippen molar-refractivity contribution in [3.63, 3.8) is 0 Å². The molecule has 134 valence electrons. The molecule has 0 saturated carbocycles. The fourth-order valence-electron chi connectivity index (χ4n) is 3.18. The van der Waals surface area contributed by atoms with Gasteiger partial charge < -0.3 is 10.6 Å². The lowest BCUT2D eigenvalue weighted by Crippen LogP contribution is -2.10. The van der Waals surface area contributed by atoms with Crippen LogP contribution in [0.15, 0.2) is 48.7 Å². The number of aryl methyl sites for hydroxylation is 3. The van der Waals surface area contributed by atoms with Crippen LogP contribution in [0.25, 0.3) is 5.69 Å². The molecule has 26 heavy (non-hydrogen) atoms. The average molecular weight is 348 g/mol. The van der Waals surface area contributed by atoms with Gasteiger partial charge in [0, 0.05) is 24.0 Å². The number of nitrogens with one attached hydrogen (secondary N) is 2. The van der Waals surface area contributed by atoms with Crippen LogP contribution in [0.2, 0.25) is 0 Å². The number of benzene rings is 2. The minimum atomic E-state index is -0.0563. The zero-order chi connectivity index (χ0) is 18.7. The molecule has 0 fully saturated rings. The molecule has 0 atom stereocenters. The van der Waals surface area contributed by atoms with Gasteiger partial charge in [0.2, 0.25) is 5.91 Å². The Hall–Kier alpha value is -3.08. The minimum absolute atomic E-state index is 0.0563. The third-order valence-corrected chi connectivity index (χ3v) is 4.33. The van der Waals surface area contributed by atoms with Gasteiger partial charge in [-0.3, -0.25) is 9.36 Å². The summed E-state index contributed by atoms with van der Waals surface area (Å²) in [7, 11) is 0. The number of amides is 1. The second kappa shape index (κ2) is 7.44. The van der Waals surface area contributed by atoms with Crippen molar-refractivity contribution < 1.29 is 4.79 Å². The third-order valence-electron chi connectivity index (χ3n) is 4.33. The number of hydrogen-bond acceptors (Lipinski definition) is 3. The van der Waals surface area contributed by atoms with E-state index in [-0.39, 0.29) is 5.91 Å². The molecule has 0 saturated heterocycles. The lowest BCUT2D eigenvalue weighted by atomic mass is 10.1. The van der Waals surface area contributed by atoms with Gasteiger partial charge in [-0.2, -0.15) is 0 Å². The van der Waals surface area contributed by atoms with Crippen LogP contribution in [0.5, 0.6) is 0 Å². The van der Waals surface area contributed by atoms with Crippen LogP contribution in [-0.2, 0) is 11.3 Å². The molecular weight excluding hydrogens is 324 g/mol. The van der Waals surface area contributed by atoms with Gasteiger partial charge in [-0.1, -0.05) is 18.2 Å². The van der Waals surface area contributed by atoms with E-state index in [0.717, 1.165) is 39.7 Å². The maximum atomic E-state index is 11.4. The molecular formula is C21H24N4O. The first kappa shape index (κ1) is 17.7. The van der Waals surface area contributed by atoms with Gasteiger partial charge in [-0.05, 0) is 56.2 Å². The first-order valence-electron chi connectivity index (χ1n) is 8.67. The van der Waals surface area contributed by atoms with Crippen LogP contribution in [0, 0.1) is 20.8 Å². The van der Waals surface area contributed by atoms with Gasteiger partial charge in [0.1, 0.15) is 5.82 Å². The number of carbonyl (C=O) groups is 1. The molecule has 0 spiro atoms. The van der Waals surface area contributed by atoms with Crippen molar-refractivity contribution in [2.75, 3.05) is 10.6 Å². The van der Waals surface area contributed by atoms with E-state index >= 15 is 0 Å². The smallest absolute Gasteiger partial charge is 0.221 e. The Labute approximate surface area is 154 Å². The van der Waals surface area contributed by atoms with E-state index in [2.05, 4.69) is 32.3 Å². The highest BCUT2D eigenvalue weighted by atomic mass is 16.1. The van der Waals surface area contributed by atoms with Crippen LogP contribution >= 0.6 is 0 Å². The van der Waals surface area contributed by atoms with Crippen molar-refractivity contribution in [3.05, 3.63) is 71.3 Å². The Kier molecular flexibility index (Phi) is 5.07. The Morgan fingerprint density at radius 3 is 2.35 bits per heavy atom. The molecule has 3 aromatic rings. The van der Waals surface area contributed by atoms with E-state index in [1.54, 1.807) is 0 Å². The van der Waals surface area contributed by atoms with E-state index in [9.17, 15) is 4.79 Å². The maximum absolute atomic E-state index is 11.4. The second-order valence-electron chi connectivity index (χ2n) is 6.49. The maximum Gasteiger partial charge on any atom is 0.221 e. The number of carbonyl (C=O) groups excluding carboxylic acids is 1. The van der Waals surface area contributed by atoms with E-state index in [4.69, 9.17) is 0 Å². The molecule has 2 N–H and O–H groups in total. The van der Waals surface area contributed by atoms with Crippen molar-refractivity contribution in [2.45, 2.75) is 34.2 Å². The van der Waals surface area contributed by atoms with Crippen LogP contribution in [-0.4, -0.2) is 15.5 Å². The Bertz CT molecular complexity index is 905. The first-order valence-corrected chi connectivity index (χ1v) is 8.67. The number of hydrogen-bond donors (Lipinski definition) is 2. The predicted molar refractivity (Wildman–Crippen MR) is 106 cm³/mol. The summed E-state index contributed by atoms with van der Waals surface area (Å²) in [6.45, 7) is 8.20. The summed E-state index contributed by atoms with van der Waals surface area (Å²) in [5.41, 5.74) is 6.18. The van der Waals surface area contributed by atoms with Crippen LogP contribution in [0.3, 0.4) is 0 Å². The SMILES string of the molecule is CC(=O)Nc1c(C)cc(NCc2cnc(C)n2-c2ccccc2)cc1C. The lowest BCUT2D eigenvalue weighted by Gasteiger charge is -2.15.